The van der Waals surface area contributed by atoms with Crippen LogP contribution in [-0.2, 0) is 4.74 Å². The van der Waals surface area contributed by atoms with Crippen molar-refractivity contribution in [3.63, 3.8) is 0 Å². The maximum Gasteiger partial charge on any atom is 0.0588 e. The monoisotopic (exact) mass is 226 g/mol. The Labute approximate surface area is 99.3 Å². The summed E-state index contributed by atoms with van der Waals surface area (Å²) >= 11 is 0. The number of likely N-dealkylation sites (tertiary alicyclic amines) is 1. The van der Waals surface area contributed by atoms with Crippen LogP contribution in [0, 0.1) is 0 Å². The van der Waals surface area contributed by atoms with Crippen LogP contribution < -0.4 is 5.73 Å². The van der Waals surface area contributed by atoms with Crippen molar-refractivity contribution in [3.8, 4) is 0 Å². The fraction of sp³-hybridized carbons (Fsp3) is 1.00. The van der Waals surface area contributed by atoms with Gasteiger partial charge in [-0.05, 0) is 45.6 Å². The molecule has 0 amide bonds. The first-order valence-corrected chi connectivity index (χ1v) is 6.88. The zero-order valence-corrected chi connectivity index (χ0v) is 10.5. The predicted molar refractivity (Wildman–Crippen MR) is 66.5 cm³/mol. The van der Waals surface area contributed by atoms with Crippen LogP contribution in [0.25, 0.3) is 0 Å². The van der Waals surface area contributed by atoms with E-state index in [1.807, 2.05) is 0 Å². The van der Waals surface area contributed by atoms with E-state index in [4.69, 9.17) is 10.5 Å². The third kappa shape index (κ3) is 3.19. The van der Waals surface area contributed by atoms with Crippen LogP contribution in [0.15, 0.2) is 0 Å². The third-order valence-corrected chi connectivity index (χ3v) is 4.03. The lowest BCUT2D eigenvalue weighted by molar-refractivity contribution is 0.0708. The van der Waals surface area contributed by atoms with Crippen molar-refractivity contribution in [2.45, 2.75) is 63.6 Å². The summed E-state index contributed by atoms with van der Waals surface area (Å²) in [5.41, 5.74) is 6.07. The van der Waals surface area contributed by atoms with Gasteiger partial charge in [0.2, 0.25) is 0 Å². The summed E-state index contributed by atoms with van der Waals surface area (Å²) in [6, 6.07) is 0.917. The fourth-order valence-corrected chi connectivity index (χ4v) is 3.07. The smallest absolute Gasteiger partial charge is 0.0588 e. The summed E-state index contributed by atoms with van der Waals surface area (Å²) in [6.07, 6.45) is 8.21. The van der Waals surface area contributed by atoms with Crippen molar-refractivity contribution in [3.05, 3.63) is 0 Å². The summed E-state index contributed by atoms with van der Waals surface area (Å²) < 4.78 is 5.68. The van der Waals surface area contributed by atoms with Gasteiger partial charge in [-0.25, -0.2) is 0 Å². The lowest BCUT2D eigenvalue weighted by atomic mass is 9.96. The quantitative estimate of drug-likeness (QED) is 0.794. The Kier molecular flexibility index (Phi) is 4.62. The molecule has 2 saturated heterocycles. The molecule has 3 nitrogen and oxygen atoms in total. The minimum absolute atomic E-state index is 0.310. The van der Waals surface area contributed by atoms with E-state index >= 15 is 0 Å². The van der Waals surface area contributed by atoms with Gasteiger partial charge in [0.05, 0.1) is 6.10 Å². The van der Waals surface area contributed by atoms with Crippen molar-refractivity contribution in [2.75, 3.05) is 19.7 Å². The number of ether oxygens (including phenoxy) is 1. The van der Waals surface area contributed by atoms with Gasteiger partial charge >= 0.3 is 0 Å². The van der Waals surface area contributed by atoms with Crippen LogP contribution in [-0.4, -0.2) is 42.8 Å². The Hall–Kier alpha value is -0.120. The molecule has 2 fully saturated rings. The number of hydrogen-bond donors (Lipinski definition) is 1. The molecule has 0 aliphatic carbocycles. The van der Waals surface area contributed by atoms with Crippen LogP contribution in [0.3, 0.4) is 0 Å². The Morgan fingerprint density at radius 3 is 2.88 bits per heavy atom. The molecular weight excluding hydrogens is 200 g/mol. The zero-order valence-electron chi connectivity index (χ0n) is 10.5. The van der Waals surface area contributed by atoms with Crippen molar-refractivity contribution in [1.29, 1.82) is 0 Å². The molecule has 3 atom stereocenters. The highest BCUT2D eigenvalue weighted by Crippen LogP contribution is 2.21. The molecule has 16 heavy (non-hydrogen) atoms. The minimum atomic E-state index is 0.310. The molecule has 2 heterocycles. The summed E-state index contributed by atoms with van der Waals surface area (Å²) in [5.74, 6) is 0. The number of piperidine rings is 1. The predicted octanol–water partition coefficient (Wildman–Crippen LogP) is 1.76. The van der Waals surface area contributed by atoms with Gasteiger partial charge in [0.25, 0.3) is 0 Å². The van der Waals surface area contributed by atoms with Crippen LogP contribution in [0.5, 0.6) is 0 Å². The molecule has 3 unspecified atom stereocenters. The number of nitrogens with two attached hydrogens (primary N) is 1. The molecule has 0 saturated carbocycles. The Morgan fingerprint density at radius 2 is 2.19 bits per heavy atom. The highest BCUT2D eigenvalue weighted by atomic mass is 16.5. The van der Waals surface area contributed by atoms with E-state index in [1.54, 1.807) is 0 Å². The summed E-state index contributed by atoms with van der Waals surface area (Å²) in [4.78, 5) is 2.59. The Bertz CT molecular complexity index is 202. The maximum absolute atomic E-state index is 6.07. The largest absolute Gasteiger partial charge is 0.378 e. The van der Waals surface area contributed by atoms with E-state index in [1.165, 1.54) is 51.6 Å². The molecule has 3 heteroatoms. The van der Waals surface area contributed by atoms with E-state index in [-0.39, 0.29) is 0 Å². The Balaban J connectivity index is 1.76. The lowest BCUT2D eigenvalue weighted by Gasteiger charge is -2.38. The van der Waals surface area contributed by atoms with E-state index < -0.39 is 0 Å². The van der Waals surface area contributed by atoms with Crippen molar-refractivity contribution < 1.29 is 4.74 Å². The van der Waals surface area contributed by atoms with Gasteiger partial charge in [-0.3, -0.25) is 4.90 Å². The molecule has 2 rings (SSSR count). The molecule has 2 aliphatic heterocycles. The lowest BCUT2D eigenvalue weighted by Crippen LogP contribution is -2.49. The number of hydrogen-bond acceptors (Lipinski definition) is 3. The molecule has 0 aromatic rings. The summed E-state index contributed by atoms with van der Waals surface area (Å²) in [5, 5.41) is 0. The van der Waals surface area contributed by atoms with Gasteiger partial charge in [0.1, 0.15) is 0 Å². The molecule has 94 valence electrons. The minimum Gasteiger partial charge on any atom is -0.378 e. The Morgan fingerprint density at radius 1 is 1.31 bits per heavy atom. The van der Waals surface area contributed by atoms with Gasteiger partial charge < -0.3 is 10.5 Å². The standard InChI is InChI=1S/C13H26N2O/c1-11(14)13-6-2-3-8-15(13)9-7-12-5-4-10-16-12/h11-13H,2-10,14H2,1H3. The van der Waals surface area contributed by atoms with Crippen molar-refractivity contribution in [2.24, 2.45) is 5.73 Å². The molecule has 2 N–H and O–H groups in total. The van der Waals surface area contributed by atoms with E-state index in [0.717, 1.165) is 6.61 Å². The third-order valence-electron chi connectivity index (χ3n) is 4.03. The molecule has 2 aliphatic rings. The van der Waals surface area contributed by atoms with Crippen molar-refractivity contribution >= 4 is 0 Å². The second-order valence-corrected chi connectivity index (χ2v) is 5.38. The molecule has 0 bridgehead atoms. The zero-order chi connectivity index (χ0) is 11.4. The first-order valence-electron chi connectivity index (χ1n) is 6.88. The van der Waals surface area contributed by atoms with Crippen LogP contribution in [0.1, 0.15) is 45.4 Å². The average molecular weight is 226 g/mol. The highest BCUT2D eigenvalue weighted by Gasteiger charge is 2.26. The van der Waals surface area contributed by atoms with Gasteiger partial charge in [-0.2, -0.15) is 0 Å². The number of rotatable bonds is 4. The van der Waals surface area contributed by atoms with Crippen LogP contribution in [0.4, 0.5) is 0 Å². The van der Waals surface area contributed by atoms with Gasteiger partial charge in [-0.1, -0.05) is 6.42 Å². The van der Waals surface area contributed by atoms with E-state index in [9.17, 15) is 0 Å². The molecule has 0 radical (unpaired) electrons. The fourth-order valence-electron chi connectivity index (χ4n) is 3.07. The number of nitrogens with zero attached hydrogens (tertiary/aromatic N) is 1. The topological polar surface area (TPSA) is 38.5 Å². The average Bonchev–Trinajstić information content (AvgIpc) is 2.79. The van der Waals surface area contributed by atoms with Gasteiger partial charge in [-0.15, -0.1) is 0 Å². The SMILES string of the molecule is CC(N)C1CCCCN1CCC1CCCO1. The second-order valence-electron chi connectivity index (χ2n) is 5.38. The summed E-state index contributed by atoms with van der Waals surface area (Å²) in [6.45, 7) is 5.53. The van der Waals surface area contributed by atoms with Crippen LogP contribution in [0.2, 0.25) is 0 Å². The molecular formula is C13H26N2O. The first-order chi connectivity index (χ1) is 7.77. The van der Waals surface area contributed by atoms with E-state index in [2.05, 4.69) is 11.8 Å². The molecule has 0 aromatic carbocycles. The summed E-state index contributed by atoms with van der Waals surface area (Å²) in [7, 11) is 0. The maximum atomic E-state index is 6.07. The van der Waals surface area contributed by atoms with E-state index in [0.29, 0.717) is 18.2 Å². The molecule has 0 aromatic heterocycles. The normalized spacial score (nSPS) is 34.1. The van der Waals surface area contributed by atoms with Gasteiger partial charge in [0.15, 0.2) is 0 Å². The van der Waals surface area contributed by atoms with Crippen molar-refractivity contribution in [1.82, 2.24) is 4.90 Å². The molecule has 0 spiro atoms. The highest BCUT2D eigenvalue weighted by molar-refractivity contribution is 4.83. The van der Waals surface area contributed by atoms with Crippen LogP contribution >= 0.6 is 0 Å². The second kappa shape index (κ2) is 5.99. The van der Waals surface area contributed by atoms with Gasteiger partial charge in [0, 0.05) is 25.2 Å². The first kappa shape index (κ1) is 12.3.